The van der Waals surface area contributed by atoms with Crippen molar-refractivity contribution in [1.29, 1.82) is 0 Å². The molecular weight excluding hydrogens is 263 g/mol. The van der Waals surface area contributed by atoms with E-state index in [0.29, 0.717) is 12.1 Å². The maximum Gasteiger partial charge on any atom is 0.146 e. The minimum absolute atomic E-state index is 0.0910. The lowest BCUT2D eigenvalue weighted by atomic mass is 9.94. The Morgan fingerprint density at radius 1 is 1.05 bits per heavy atom. The molecule has 110 valence electrons. The lowest BCUT2D eigenvalue weighted by Crippen LogP contribution is -2.02. The summed E-state index contributed by atoms with van der Waals surface area (Å²) in [6.45, 7) is 5.88. The van der Waals surface area contributed by atoms with Crippen LogP contribution in [-0.4, -0.2) is 0 Å². The SMILES string of the molecule is C=CCc1ccc(Cc2cc(F)c(N)cc2N)c(CC)c1. The number of benzene rings is 2. The highest BCUT2D eigenvalue weighted by atomic mass is 19.1. The molecule has 0 atom stereocenters. The second kappa shape index (κ2) is 6.44. The Kier molecular flexibility index (Phi) is 4.63. The lowest BCUT2D eigenvalue weighted by molar-refractivity contribution is 0.631. The van der Waals surface area contributed by atoms with Gasteiger partial charge in [-0.3, -0.25) is 0 Å². The van der Waals surface area contributed by atoms with Gasteiger partial charge in [-0.2, -0.15) is 0 Å². The predicted molar refractivity (Wildman–Crippen MR) is 87.8 cm³/mol. The summed E-state index contributed by atoms with van der Waals surface area (Å²) < 4.78 is 13.6. The number of halogens is 1. The number of nitrogens with two attached hydrogens (primary N) is 2. The van der Waals surface area contributed by atoms with E-state index in [2.05, 4.69) is 31.7 Å². The first kappa shape index (κ1) is 15.1. The third-order valence-electron chi connectivity index (χ3n) is 3.67. The van der Waals surface area contributed by atoms with Crippen LogP contribution in [0.25, 0.3) is 0 Å². The van der Waals surface area contributed by atoms with E-state index >= 15 is 0 Å². The van der Waals surface area contributed by atoms with E-state index in [1.54, 1.807) is 0 Å². The number of hydrogen-bond donors (Lipinski definition) is 2. The Labute approximate surface area is 125 Å². The number of allylic oxidation sites excluding steroid dienone is 1. The number of aryl methyl sites for hydroxylation is 1. The van der Waals surface area contributed by atoms with Gasteiger partial charge in [-0.1, -0.05) is 31.2 Å². The van der Waals surface area contributed by atoms with Crippen molar-refractivity contribution in [2.75, 3.05) is 11.5 Å². The molecule has 0 aliphatic rings. The highest BCUT2D eigenvalue weighted by molar-refractivity contribution is 5.59. The van der Waals surface area contributed by atoms with E-state index in [0.717, 1.165) is 18.4 Å². The smallest absolute Gasteiger partial charge is 0.146 e. The molecule has 0 saturated carbocycles. The highest BCUT2D eigenvalue weighted by Crippen LogP contribution is 2.24. The van der Waals surface area contributed by atoms with E-state index in [-0.39, 0.29) is 5.69 Å². The van der Waals surface area contributed by atoms with E-state index in [9.17, 15) is 4.39 Å². The first-order valence-electron chi connectivity index (χ1n) is 7.10. The zero-order valence-corrected chi connectivity index (χ0v) is 12.3. The van der Waals surface area contributed by atoms with Crippen LogP contribution < -0.4 is 11.5 Å². The van der Waals surface area contributed by atoms with Crippen molar-refractivity contribution in [1.82, 2.24) is 0 Å². The Morgan fingerprint density at radius 3 is 2.48 bits per heavy atom. The van der Waals surface area contributed by atoms with Gasteiger partial charge in [0.25, 0.3) is 0 Å². The minimum atomic E-state index is -0.416. The fraction of sp³-hybridized carbons (Fsp3) is 0.222. The van der Waals surface area contributed by atoms with Crippen LogP contribution in [0, 0.1) is 5.82 Å². The molecule has 0 fully saturated rings. The second-order valence-corrected chi connectivity index (χ2v) is 5.20. The van der Waals surface area contributed by atoms with Crippen molar-refractivity contribution in [3.63, 3.8) is 0 Å². The fourth-order valence-electron chi connectivity index (χ4n) is 2.48. The standard InChI is InChI=1S/C18H21FN2/c1-3-5-12-6-7-14(13(4-2)8-12)9-15-10-16(19)18(21)11-17(15)20/h3,6-8,10-11H,1,4-5,9,20-21H2,2H3. The second-order valence-electron chi connectivity index (χ2n) is 5.20. The Hall–Kier alpha value is -2.29. The maximum atomic E-state index is 13.6. The molecule has 0 saturated heterocycles. The van der Waals surface area contributed by atoms with E-state index < -0.39 is 5.82 Å². The zero-order chi connectivity index (χ0) is 15.4. The molecular formula is C18H21FN2. The van der Waals surface area contributed by atoms with Crippen LogP contribution in [0.1, 0.15) is 29.2 Å². The summed E-state index contributed by atoms with van der Waals surface area (Å²) in [7, 11) is 0. The molecule has 0 spiro atoms. The molecule has 0 unspecified atom stereocenters. The molecule has 0 aliphatic heterocycles. The molecule has 2 rings (SSSR count). The summed E-state index contributed by atoms with van der Waals surface area (Å²) in [5.74, 6) is -0.416. The molecule has 2 aromatic rings. The van der Waals surface area contributed by atoms with E-state index in [1.165, 1.54) is 28.8 Å². The molecule has 4 N–H and O–H groups in total. The van der Waals surface area contributed by atoms with Gasteiger partial charge in [-0.25, -0.2) is 4.39 Å². The maximum absolute atomic E-state index is 13.6. The highest BCUT2D eigenvalue weighted by Gasteiger charge is 2.09. The fourth-order valence-corrected chi connectivity index (χ4v) is 2.48. The monoisotopic (exact) mass is 284 g/mol. The van der Waals surface area contributed by atoms with Crippen LogP contribution >= 0.6 is 0 Å². The van der Waals surface area contributed by atoms with Crippen molar-refractivity contribution in [2.45, 2.75) is 26.2 Å². The summed E-state index contributed by atoms with van der Waals surface area (Å²) >= 11 is 0. The van der Waals surface area contributed by atoms with Gasteiger partial charge >= 0.3 is 0 Å². The third kappa shape index (κ3) is 3.43. The first-order chi connectivity index (χ1) is 10.0. The van der Waals surface area contributed by atoms with Crippen LogP contribution in [0.5, 0.6) is 0 Å². The van der Waals surface area contributed by atoms with Gasteiger partial charge in [0.15, 0.2) is 0 Å². The van der Waals surface area contributed by atoms with E-state index in [1.807, 2.05) is 6.08 Å². The molecule has 0 amide bonds. The molecule has 0 aliphatic carbocycles. The Morgan fingerprint density at radius 2 is 1.81 bits per heavy atom. The van der Waals surface area contributed by atoms with Gasteiger partial charge in [-0.15, -0.1) is 6.58 Å². The van der Waals surface area contributed by atoms with Gasteiger partial charge in [0.05, 0.1) is 5.69 Å². The number of rotatable bonds is 5. The average Bonchev–Trinajstić information content (AvgIpc) is 2.46. The normalized spacial score (nSPS) is 10.6. The summed E-state index contributed by atoms with van der Waals surface area (Å²) in [5, 5.41) is 0. The van der Waals surface area contributed by atoms with Gasteiger partial charge in [-0.05, 0) is 53.6 Å². The Bertz CT molecular complexity index is 663. The van der Waals surface area contributed by atoms with Crippen molar-refractivity contribution in [2.24, 2.45) is 0 Å². The van der Waals surface area contributed by atoms with Crippen LogP contribution in [-0.2, 0) is 19.3 Å². The molecule has 0 heterocycles. The summed E-state index contributed by atoms with van der Waals surface area (Å²) in [4.78, 5) is 0. The quantitative estimate of drug-likeness (QED) is 0.647. The van der Waals surface area contributed by atoms with Crippen molar-refractivity contribution >= 4 is 11.4 Å². The van der Waals surface area contributed by atoms with Crippen molar-refractivity contribution < 1.29 is 4.39 Å². The van der Waals surface area contributed by atoms with Gasteiger partial charge in [0.1, 0.15) is 5.82 Å². The summed E-state index contributed by atoms with van der Waals surface area (Å²) in [6, 6.07) is 9.27. The van der Waals surface area contributed by atoms with Crippen molar-refractivity contribution in [3.05, 3.63) is 71.1 Å². The summed E-state index contributed by atoms with van der Waals surface area (Å²) in [6.07, 6.45) is 4.28. The molecule has 21 heavy (non-hydrogen) atoms. The number of anilines is 2. The third-order valence-corrected chi connectivity index (χ3v) is 3.67. The molecule has 0 bridgehead atoms. The number of hydrogen-bond acceptors (Lipinski definition) is 2. The van der Waals surface area contributed by atoms with Gasteiger partial charge in [0.2, 0.25) is 0 Å². The molecule has 0 aromatic heterocycles. The Balaban J connectivity index is 2.35. The summed E-state index contributed by atoms with van der Waals surface area (Å²) in [5.41, 5.74) is 16.5. The first-order valence-corrected chi connectivity index (χ1v) is 7.10. The molecule has 2 nitrogen and oxygen atoms in total. The van der Waals surface area contributed by atoms with Crippen LogP contribution in [0.2, 0.25) is 0 Å². The zero-order valence-electron chi connectivity index (χ0n) is 12.3. The number of nitrogen functional groups attached to an aromatic ring is 2. The van der Waals surface area contributed by atoms with Gasteiger partial charge in [0, 0.05) is 5.69 Å². The molecule has 2 aromatic carbocycles. The van der Waals surface area contributed by atoms with Crippen LogP contribution in [0.15, 0.2) is 43.0 Å². The van der Waals surface area contributed by atoms with Crippen molar-refractivity contribution in [3.8, 4) is 0 Å². The molecule has 0 radical (unpaired) electrons. The van der Waals surface area contributed by atoms with Crippen LogP contribution in [0.3, 0.4) is 0 Å². The van der Waals surface area contributed by atoms with Gasteiger partial charge < -0.3 is 11.5 Å². The average molecular weight is 284 g/mol. The molecule has 3 heteroatoms. The topological polar surface area (TPSA) is 52.0 Å². The van der Waals surface area contributed by atoms with E-state index in [4.69, 9.17) is 11.5 Å². The lowest BCUT2D eigenvalue weighted by Gasteiger charge is -2.12. The largest absolute Gasteiger partial charge is 0.398 e. The predicted octanol–water partition coefficient (Wildman–Crippen LogP) is 3.87. The minimum Gasteiger partial charge on any atom is -0.398 e. The van der Waals surface area contributed by atoms with Crippen LogP contribution in [0.4, 0.5) is 15.8 Å².